The number of rotatable bonds is 5. The van der Waals surface area contributed by atoms with Gasteiger partial charge in [0.25, 0.3) is 0 Å². The van der Waals surface area contributed by atoms with Crippen molar-refractivity contribution < 1.29 is 0 Å². The third-order valence-corrected chi connectivity index (χ3v) is 5.34. The molecule has 0 saturated carbocycles. The Kier molecular flexibility index (Phi) is 5.80. The van der Waals surface area contributed by atoms with Crippen LogP contribution in [-0.2, 0) is 11.8 Å². The van der Waals surface area contributed by atoms with Crippen molar-refractivity contribution in [1.82, 2.24) is 0 Å². The third-order valence-electron chi connectivity index (χ3n) is 3.39. The molecule has 4 heteroatoms. The highest BCUT2D eigenvalue weighted by molar-refractivity contribution is 9.10. The maximum atomic E-state index is 6.28. The van der Waals surface area contributed by atoms with Crippen LogP contribution in [0.1, 0.15) is 11.1 Å². The summed E-state index contributed by atoms with van der Waals surface area (Å²) in [6.07, 6.45) is 0.753. The van der Waals surface area contributed by atoms with Gasteiger partial charge in [0.1, 0.15) is 0 Å². The molecule has 0 radical (unpaired) electrons. The SMILES string of the molecule is ClCC(CCl)(Cc1cccc(Cl)c1)c1ccccc1Br. The van der Waals surface area contributed by atoms with Crippen molar-refractivity contribution in [3.05, 3.63) is 69.2 Å². The molecule has 0 aliphatic heterocycles. The standard InChI is InChI=1S/C16H14BrCl3/c17-15-7-2-1-6-14(15)16(10-18,11-19)9-12-4-3-5-13(20)8-12/h1-8H,9-11H2. The van der Waals surface area contributed by atoms with Crippen LogP contribution in [0.4, 0.5) is 0 Å². The first-order chi connectivity index (χ1) is 9.61. The summed E-state index contributed by atoms with van der Waals surface area (Å²) in [6.45, 7) is 0. The molecule has 2 aromatic rings. The van der Waals surface area contributed by atoms with Gasteiger partial charge in [0.2, 0.25) is 0 Å². The second-order valence-corrected chi connectivity index (χ2v) is 6.66. The first-order valence-electron chi connectivity index (χ1n) is 6.23. The minimum atomic E-state index is -0.312. The first-order valence-corrected chi connectivity index (χ1v) is 8.47. The summed E-state index contributed by atoms with van der Waals surface area (Å²) in [7, 11) is 0. The maximum absolute atomic E-state index is 6.28. The summed E-state index contributed by atoms with van der Waals surface area (Å²) in [6, 6.07) is 15.9. The molecule has 0 aliphatic carbocycles. The number of hydrogen-bond donors (Lipinski definition) is 0. The molecule has 0 aliphatic rings. The van der Waals surface area contributed by atoms with Gasteiger partial charge < -0.3 is 0 Å². The second kappa shape index (κ2) is 7.17. The number of benzene rings is 2. The van der Waals surface area contributed by atoms with Gasteiger partial charge in [0, 0.05) is 26.7 Å². The summed E-state index contributed by atoms with van der Waals surface area (Å²) in [5, 5.41) is 0.729. The minimum Gasteiger partial charge on any atom is -0.126 e. The molecule has 20 heavy (non-hydrogen) atoms. The Labute approximate surface area is 143 Å². The van der Waals surface area contributed by atoms with Crippen molar-refractivity contribution in [3.63, 3.8) is 0 Å². The van der Waals surface area contributed by atoms with Gasteiger partial charge in [-0.15, -0.1) is 23.2 Å². The van der Waals surface area contributed by atoms with E-state index in [2.05, 4.69) is 28.1 Å². The van der Waals surface area contributed by atoms with Gasteiger partial charge in [-0.3, -0.25) is 0 Å². The van der Waals surface area contributed by atoms with Crippen LogP contribution in [0.25, 0.3) is 0 Å². The van der Waals surface area contributed by atoms with Gasteiger partial charge in [-0.05, 0) is 35.7 Å². The predicted molar refractivity (Wildman–Crippen MR) is 92.4 cm³/mol. The van der Waals surface area contributed by atoms with E-state index in [9.17, 15) is 0 Å². The minimum absolute atomic E-state index is 0.312. The van der Waals surface area contributed by atoms with Crippen LogP contribution < -0.4 is 0 Å². The molecule has 0 nitrogen and oxygen atoms in total. The molecule has 0 N–H and O–H groups in total. The van der Waals surface area contributed by atoms with Crippen LogP contribution in [0.2, 0.25) is 5.02 Å². The normalized spacial score (nSPS) is 11.6. The van der Waals surface area contributed by atoms with Gasteiger partial charge in [-0.2, -0.15) is 0 Å². The fraction of sp³-hybridized carbons (Fsp3) is 0.250. The molecule has 106 valence electrons. The molecule has 0 bridgehead atoms. The largest absolute Gasteiger partial charge is 0.126 e. The fourth-order valence-corrected chi connectivity index (χ4v) is 3.98. The van der Waals surface area contributed by atoms with E-state index in [0.717, 1.165) is 27.0 Å². The van der Waals surface area contributed by atoms with Gasteiger partial charge in [0.15, 0.2) is 0 Å². The lowest BCUT2D eigenvalue weighted by Crippen LogP contribution is -2.33. The van der Waals surface area contributed by atoms with E-state index in [1.807, 2.05) is 36.4 Å². The smallest absolute Gasteiger partial charge is 0.0408 e. The molecule has 0 spiro atoms. The van der Waals surface area contributed by atoms with Crippen molar-refractivity contribution in [2.75, 3.05) is 11.8 Å². The summed E-state index contributed by atoms with van der Waals surface area (Å²) in [4.78, 5) is 0. The molecule has 0 saturated heterocycles. The van der Waals surface area contributed by atoms with Crippen molar-refractivity contribution in [2.24, 2.45) is 0 Å². The number of halogens is 4. The molecular formula is C16H14BrCl3. The van der Waals surface area contributed by atoms with E-state index >= 15 is 0 Å². The van der Waals surface area contributed by atoms with E-state index in [0.29, 0.717) is 11.8 Å². The Morgan fingerprint density at radius 2 is 1.65 bits per heavy atom. The summed E-state index contributed by atoms with van der Waals surface area (Å²) < 4.78 is 1.03. The quantitative estimate of drug-likeness (QED) is 0.543. The van der Waals surface area contributed by atoms with Crippen molar-refractivity contribution in [1.29, 1.82) is 0 Å². The van der Waals surface area contributed by atoms with E-state index in [4.69, 9.17) is 34.8 Å². The molecule has 0 aromatic heterocycles. The third kappa shape index (κ3) is 3.51. The molecule has 0 amide bonds. The van der Waals surface area contributed by atoms with Crippen molar-refractivity contribution in [2.45, 2.75) is 11.8 Å². The summed E-state index contributed by atoms with van der Waals surface area (Å²) >= 11 is 22.2. The van der Waals surface area contributed by atoms with E-state index < -0.39 is 0 Å². The van der Waals surface area contributed by atoms with Crippen LogP contribution in [0.5, 0.6) is 0 Å². The molecule has 0 fully saturated rings. The molecule has 2 rings (SSSR count). The molecule has 0 atom stereocenters. The van der Waals surface area contributed by atoms with Crippen LogP contribution in [0.3, 0.4) is 0 Å². The van der Waals surface area contributed by atoms with Crippen molar-refractivity contribution >= 4 is 50.7 Å². The summed E-state index contributed by atoms with van der Waals surface area (Å²) in [5.74, 6) is 0.900. The molecule has 0 heterocycles. The highest BCUT2D eigenvalue weighted by atomic mass is 79.9. The Bertz CT molecular complexity index is 579. The zero-order chi connectivity index (χ0) is 14.6. The topological polar surface area (TPSA) is 0 Å². The summed E-state index contributed by atoms with van der Waals surface area (Å²) in [5.41, 5.74) is 1.95. The molecule has 2 aromatic carbocycles. The van der Waals surface area contributed by atoms with Gasteiger partial charge in [-0.1, -0.05) is 57.9 Å². The van der Waals surface area contributed by atoms with E-state index in [1.54, 1.807) is 0 Å². The highest BCUT2D eigenvalue weighted by Gasteiger charge is 2.32. The highest BCUT2D eigenvalue weighted by Crippen LogP contribution is 2.36. The maximum Gasteiger partial charge on any atom is 0.0408 e. The van der Waals surface area contributed by atoms with E-state index in [1.165, 1.54) is 0 Å². The lowest BCUT2D eigenvalue weighted by atomic mass is 9.79. The fourth-order valence-electron chi connectivity index (χ4n) is 2.30. The van der Waals surface area contributed by atoms with Crippen LogP contribution in [0.15, 0.2) is 53.0 Å². The molecule has 0 unspecified atom stereocenters. The molecular weight excluding hydrogens is 378 g/mol. The van der Waals surface area contributed by atoms with Gasteiger partial charge >= 0.3 is 0 Å². The monoisotopic (exact) mass is 390 g/mol. The zero-order valence-corrected chi connectivity index (χ0v) is 14.6. The Morgan fingerprint density at radius 1 is 0.950 bits per heavy atom. The van der Waals surface area contributed by atoms with E-state index in [-0.39, 0.29) is 5.41 Å². The average molecular weight is 393 g/mol. The Morgan fingerprint density at radius 3 is 2.25 bits per heavy atom. The van der Waals surface area contributed by atoms with Crippen molar-refractivity contribution in [3.8, 4) is 0 Å². The lowest BCUT2D eigenvalue weighted by molar-refractivity contribution is 0.534. The van der Waals surface area contributed by atoms with Crippen LogP contribution in [0, 0.1) is 0 Å². The van der Waals surface area contributed by atoms with Gasteiger partial charge in [-0.25, -0.2) is 0 Å². The Balaban J connectivity index is 2.42. The van der Waals surface area contributed by atoms with Gasteiger partial charge in [0.05, 0.1) is 0 Å². The second-order valence-electron chi connectivity index (χ2n) is 4.83. The Hall–Kier alpha value is -0.210. The lowest BCUT2D eigenvalue weighted by Gasteiger charge is -2.31. The average Bonchev–Trinajstić information content (AvgIpc) is 2.46. The predicted octanol–water partition coefficient (Wildman–Crippen LogP) is 6.06. The number of hydrogen-bond acceptors (Lipinski definition) is 0. The van der Waals surface area contributed by atoms with Crippen LogP contribution in [-0.4, -0.2) is 11.8 Å². The number of alkyl halides is 2. The zero-order valence-electron chi connectivity index (χ0n) is 10.8. The first kappa shape index (κ1) is 16.2. The van der Waals surface area contributed by atoms with Crippen LogP contribution >= 0.6 is 50.7 Å².